The van der Waals surface area contributed by atoms with Crippen molar-refractivity contribution in [1.82, 2.24) is 0 Å². The Kier molecular flexibility index (Phi) is 3.64. The third-order valence-corrected chi connectivity index (χ3v) is 2.69. The third-order valence-electron chi connectivity index (χ3n) is 2.69. The molecule has 0 fully saturated rings. The molecule has 0 radical (unpaired) electrons. The lowest BCUT2D eigenvalue weighted by atomic mass is 10.1. The molecule has 1 N–H and O–H groups in total. The first-order chi connectivity index (χ1) is 7.83. The number of fused-ring (bicyclic) bond motifs is 1. The summed E-state index contributed by atoms with van der Waals surface area (Å²) in [6.45, 7) is 1.42. The average Bonchev–Trinajstić information content (AvgIpc) is 2.77. The zero-order chi connectivity index (χ0) is 11.4. The second-order valence-electron chi connectivity index (χ2n) is 3.70. The molecule has 4 nitrogen and oxygen atoms in total. The van der Waals surface area contributed by atoms with Crippen LogP contribution in [0, 0.1) is 0 Å². The van der Waals surface area contributed by atoms with E-state index >= 15 is 0 Å². The highest BCUT2D eigenvalue weighted by Crippen LogP contribution is 2.27. The highest BCUT2D eigenvalue weighted by Gasteiger charge is 2.12. The van der Waals surface area contributed by atoms with Gasteiger partial charge in [-0.15, -0.1) is 0 Å². The fraction of sp³-hybridized carbons (Fsp3) is 0.500. The Bertz CT molecular complexity index is 350. The van der Waals surface area contributed by atoms with Crippen molar-refractivity contribution in [2.75, 3.05) is 32.7 Å². The molecule has 0 saturated heterocycles. The van der Waals surface area contributed by atoms with Gasteiger partial charge in [0.1, 0.15) is 5.75 Å². The Balaban J connectivity index is 1.95. The number of nitrogens with one attached hydrogen (secondary N) is 1. The number of benzene rings is 1. The molecule has 1 aliphatic heterocycles. The van der Waals surface area contributed by atoms with Gasteiger partial charge in [-0.25, -0.2) is 0 Å². The van der Waals surface area contributed by atoms with Gasteiger partial charge in [0.05, 0.1) is 13.2 Å². The molecule has 0 bridgehead atoms. The number of methoxy groups -OCH3 is 2. The highest BCUT2D eigenvalue weighted by atomic mass is 16.7. The van der Waals surface area contributed by atoms with Gasteiger partial charge in [-0.2, -0.15) is 0 Å². The zero-order valence-corrected chi connectivity index (χ0v) is 9.66. The van der Waals surface area contributed by atoms with Gasteiger partial charge in [-0.3, -0.25) is 0 Å². The molecule has 88 valence electrons. The topological polar surface area (TPSA) is 39.7 Å². The standard InChI is InChI=1S/C12H17NO3/c1-14-12(15-2)8-13-10-3-4-11-9(7-10)5-6-16-11/h3-4,7,12-13H,5-6,8H2,1-2H3. The first-order valence-corrected chi connectivity index (χ1v) is 5.38. The maximum Gasteiger partial charge on any atom is 0.173 e. The summed E-state index contributed by atoms with van der Waals surface area (Å²) in [5.74, 6) is 1.00. The van der Waals surface area contributed by atoms with E-state index in [1.165, 1.54) is 5.56 Å². The van der Waals surface area contributed by atoms with Crippen LogP contribution in [0.5, 0.6) is 5.75 Å². The first-order valence-electron chi connectivity index (χ1n) is 5.38. The van der Waals surface area contributed by atoms with E-state index < -0.39 is 0 Å². The van der Waals surface area contributed by atoms with E-state index in [0.29, 0.717) is 6.54 Å². The van der Waals surface area contributed by atoms with Gasteiger partial charge in [-0.05, 0) is 23.8 Å². The lowest BCUT2D eigenvalue weighted by Crippen LogP contribution is -2.23. The first kappa shape index (κ1) is 11.2. The molecule has 0 atom stereocenters. The molecule has 0 unspecified atom stereocenters. The van der Waals surface area contributed by atoms with Crippen molar-refractivity contribution in [3.63, 3.8) is 0 Å². The van der Waals surface area contributed by atoms with E-state index in [2.05, 4.69) is 11.4 Å². The average molecular weight is 223 g/mol. The smallest absolute Gasteiger partial charge is 0.173 e. The normalized spacial score (nSPS) is 13.7. The number of hydrogen-bond donors (Lipinski definition) is 1. The second kappa shape index (κ2) is 5.18. The largest absolute Gasteiger partial charge is 0.493 e. The zero-order valence-electron chi connectivity index (χ0n) is 9.66. The quantitative estimate of drug-likeness (QED) is 0.770. The molecule has 0 aromatic heterocycles. The summed E-state index contributed by atoms with van der Waals surface area (Å²) < 4.78 is 15.7. The minimum absolute atomic E-state index is 0.218. The number of ether oxygens (including phenoxy) is 3. The van der Waals surface area contributed by atoms with Crippen LogP contribution in [0.4, 0.5) is 5.69 Å². The molecule has 4 heteroatoms. The van der Waals surface area contributed by atoms with E-state index in [1.54, 1.807) is 14.2 Å². The number of rotatable bonds is 5. The molecular formula is C12H17NO3. The van der Waals surface area contributed by atoms with Crippen LogP contribution in [0.2, 0.25) is 0 Å². The Morgan fingerprint density at radius 1 is 1.38 bits per heavy atom. The van der Waals surface area contributed by atoms with Crippen molar-refractivity contribution in [3.8, 4) is 5.75 Å². The van der Waals surface area contributed by atoms with Crippen LogP contribution in [0.1, 0.15) is 5.56 Å². The summed E-state index contributed by atoms with van der Waals surface area (Å²) >= 11 is 0. The van der Waals surface area contributed by atoms with Gasteiger partial charge >= 0.3 is 0 Å². The Labute approximate surface area is 95.5 Å². The summed E-state index contributed by atoms with van der Waals surface area (Å²) in [6, 6.07) is 6.12. The summed E-state index contributed by atoms with van der Waals surface area (Å²) in [5.41, 5.74) is 2.33. The maximum atomic E-state index is 5.44. The van der Waals surface area contributed by atoms with Crippen molar-refractivity contribution in [2.45, 2.75) is 12.7 Å². The van der Waals surface area contributed by atoms with Gasteiger partial charge in [0.15, 0.2) is 6.29 Å². The Morgan fingerprint density at radius 3 is 2.94 bits per heavy atom. The summed E-state index contributed by atoms with van der Waals surface area (Å²) in [5, 5.41) is 3.27. The minimum Gasteiger partial charge on any atom is -0.493 e. The Hall–Kier alpha value is -1.26. The van der Waals surface area contributed by atoms with Gasteiger partial charge < -0.3 is 19.5 Å². The minimum atomic E-state index is -0.218. The molecular weight excluding hydrogens is 206 g/mol. The van der Waals surface area contributed by atoms with Gasteiger partial charge in [-0.1, -0.05) is 0 Å². The van der Waals surface area contributed by atoms with E-state index in [0.717, 1.165) is 24.5 Å². The van der Waals surface area contributed by atoms with Crippen molar-refractivity contribution >= 4 is 5.69 Å². The van der Waals surface area contributed by atoms with Crippen LogP contribution in [0.3, 0.4) is 0 Å². The van der Waals surface area contributed by atoms with Crippen molar-refractivity contribution in [1.29, 1.82) is 0 Å². The van der Waals surface area contributed by atoms with Crippen molar-refractivity contribution in [2.24, 2.45) is 0 Å². The SMILES string of the molecule is COC(CNc1ccc2c(c1)CCO2)OC. The highest BCUT2D eigenvalue weighted by molar-refractivity contribution is 5.52. The third kappa shape index (κ3) is 2.46. The molecule has 1 aromatic carbocycles. The van der Waals surface area contributed by atoms with Gasteiger partial charge in [0.25, 0.3) is 0 Å². The molecule has 0 saturated carbocycles. The van der Waals surface area contributed by atoms with Crippen LogP contribution in [0.15, 0.2) is 18.2 Å². The van der Waals surface area contributed by atoms with E-state index in [9.17, 15) is 0 Å². The Morgan fingerprint density at radius 2 is 2.19 bits per heavy atom. The predicted molar refractivity (Wildman–Crippen MR) is 61.9 cm³/mol. The molecule has 1 aromatic rings. The fourth-order valence-electron chi connectivity index (χ4n) is 1.76. The van der Waals surface area contributed by atoms with Crippen LogP contribution in [-0.4, -0.2) is 33.7 Å². The van der Waals surface area contributed by atoms with Gasteiger partial charge in [0, 0.05) is 26.3 Å². The lowest BCUT2D eigenvalue weighted by Gasteiger charge is -2.15. The van der Waals surface area contributed by atoms with E-state index in [1.807, 2.05) is 12.1 Å². The summed E-state index contributed by atoms with van der Waals surface area (Å²) in [6.07, 6.45) is 0.771. The van der Waals surface area contributed by atoms with Crippen LogP contribution in [0.25, 0.3) is 0 Å². The fourth-order valence-corrected chi connectivity index (χ4v) is 1.76. The molecule has 1 heterocycles. The van der Waals surface area contributed by atoms with E-state index in [4.69, 9.17) is 14.2 Å². The van der Waals surface area contributed by atoms with Crippen LogP contribution < -0.4 is 10.1 Å². The molecule has 0 aliphatic carbocycles. The van der Waals surface area contributed by atoms with Crippen molar-refractivity contribution in [3.05, 3.63) is 23.8 Å². The molecule has 16 heavy (non-hydrogen) atoms. The van der Waals surface area contributed by atoms with E-state index in [-0.39, 0.29) is 6.29 Å². The summed E-state index contributed by atoms with van der Waals surface area (Å²) in [7, 11) is 3.26. The molecule has 0 spiro atoms. The maximum absolute atomic E-state index is 5.44. The number of hydrogen-bond acceptors (Lipinski definition) is 4. The molecule has 2 rings (SSSR count). The predicted octanol–water partition coefficient (Wildman–Crippen LogP) is 1.65. The summed E-state index contributed by atoms with van der Waals surface area (Å²) in [4.78, 5) is 0. The lowest BCUT2D eigenvalue weighted by molar-refractivity contribution is -0.0914. The monoisotopic (exact) mass is 223 g/mol. The van der Waals surface area contributed by atoms with Crippen molar-refractivity contribution < 1.29 is 14.2 Å². The van der Waals surface area contributed by atoms with Crippen LogP contribution >= 0.6 is 0 Å². The second-order valence-corrected chi connectivity index (χ2v) is 3.70. The molecule has 1 aliphatic rings. The van der Waals surface area contributed by atoms with Crippen LogP contribution in [-0.2, 0) is 15.9 Å². The molecule has 0 amide bonds. The van der Waals surface area contributed by atoms with Gasteiger partial charge in [0.2, 0.25) is 0 Å². The number of anilines is 1.